The fourth-order valence-electron chi connectivity index (χ4n) is 1.62. The second kappa shape index (κ2) is 4.51. The lowest BCUT2D eigenvalue weighted by Gasteiger charge is -2.15. The van der Waals surface area contributed by atoms with Gasteiger partial charge >= 0.3 is 0 Å². The van der Waals surface area contributed by atoms with Crippen LogP contribution in [0.15, 0.2) is 18.2 Å². The van der Waals surface area contributed by atoms with Crippen LogP contribution in [0.3, 0.4) is 0 Å². The number of benzene rings is 1. The highest BCUT2D eigenvalue weighted by atomic mass is 16.7. The van der Waals surface area contributed by atoms with Crippen molar-refractivity contribution in [1.29, 1.82) is 0 Å². The van der Waals surface area contributed by atoms with Gasteiger partial charge in [-0.15, -0.1) is 0 Å². The van der Waals surface area contributed by atoms with Crippen molar-refractivity contribution in [3.8, 4) is 11.5 Å². The van der Waals surface area contributed by atoms with E-state index in [1.807, 2.05) is 25.2 Å². The summed E-state index contributed by atoms with van der Waals surface area (Å²) in [5, 5.41) is 0. The first-order valence-electron chi connectivity index (χ1n) is 4.85. The maximum atomic E-state index is 5.31. The first-order valence-corrected chi connectivity index (χ1v) is 4.85. The van der Waals surface area contributed by atoms with E-state index in [9.17, 15) is 0 Å². The van der Waals surface area contributed by atoms with Crippen molar-refractivity contribution in [2.24, 2.45) is 0 Å². The second-order valence-corrected chi connectivity index (χ2v) is 3.62. The fourth-order valence-corrected chi connectivity index (χ4v) is 1.62. The maximum absolute atomic E-state index is 5.31. The van der Waals surface area contributed by atoms with Gasteiger partial charge in [-0.25, -0.2) is 0 Å². The quantitative estimate of drug-likeness (QED) is 0.702. The van der Waals surface area contributed by atoms with Crippen LogP contribution in [0.5, 0.6) is 11.5 Å². The number of rotatable bonds is 4. The second-order valence-electron chi connectivity index (χ2n) is 3.62. The van der Waals surface area contributed by atoms with E-state index in [0.29, 0.717) is 13.5 Å². The first-order chi connectivity index (χ1) is 7.29. The molecule has 4 nitrogen and oxygen atoms in total. The van der Waals surface area contributed by atoms with E-state index in [0.717, 1.165) is 18.0 Å². The Hall–Kier alpha value is -1.26. The number of hydrogen-bond donors (Lipinski definition) is 0. The van der Waals surface area contributed by atoms with Gasteiger partial charge in [0.25, 0.3) is 0 Å². The zero-order valence-corrected chi connectivity index (χ0v) is 9.03. The van der Waals surface area contributed by atoms with E-state index in [4.69, 9.17) is 14.2 Å². The van der Waals surface area contributed by atoms with E-state index >= 15 is 0 Å². The third kappa shape index (κ3) is 2.40. The Labute approximate surface area is 89.4 Å². The SMILES string of the molecule is COCN(C)Cc1ccc2c(c1)OCO2. The van der Waals surface area contributed by atoms with Crippen LogP contribution in [0.25, 0.3) is 0 Å². The Morgan fingerprint density at radius 1 is 1.33 bits per heavy atom. The molecule has 1 aromatic rings. The van der Waals surface area contributed by atoms with E-state index in [-0.39, 0.29) is 0 Å². The van der Waals surface area contributed by atoms with Crippen molar-refractivity contribution < 1.29 is 14.2 Å². The molecule has 1 aliphatic heterocycles. The molecule has 0 spiro atoms. The largest absolute Gasteiger partial charge is 0.454 e. The van der Waals surface area contributed by atoms with E-state index in [2.05, 4.69) is 4.90 Å². The summed E-state index contributed by atoms with van der Waals surface area (Å²) in [5.41, 5.74) is 1.19. The Morgan fingerprint density at radius 3 is 2.93 bits per heavy atom. The van der Waals surface area contributed by atoms with Crippen molar-refractivity contribution in [3.63, 3.8) is 0 Å². The lowest BCUT2D eigenvalue weighted by atomic mass is 10.2. The topological polar surface area (TPSA) is 30.9 Å². The zero-order valence-electron chi connectivity index (χ0n) is 9.03. The summed E-state index contributed by atoms with van der Waals surface area (Å²) in [6, 6.07) is 5.99. The van der Waals surface area contributed by atoms with Crippen molar-refractivity contribution in [1.82, 2.24) is 4.90 Å². The minimum atomic E-state index is 0.326. The van der Waals surface area contributed by atoms with Crippen LogP contribution in [-0.2, 0) is 11.3 Å². The summed E-state index contributed by atoms with van der Waals surface area (Å²) in [4.78, 5) is 2.08. The molecule has 1 aliphatic rings. The first kappa shape index (κ1) is 10.3. The molecule has 0 aromatic heterocycles. The molecule has 0 aliphatic carbocycles. The Bertz CT molecular complexity index is 341. The third-order valence-electron chi connectivity index (χ3n) is 2.24. The van der Waals surface area contributed by atoms with Crippen molar-refractivity contribution in [2.45, 2.75) is 6.54 Å². The molecule has 0 N–H and O–H groups in total. The number of hydrogen-bond acceptors (Lipinski definition) is 4. The molecular formula is C11H15NO3. The molecule has 0 amide bonds. The van der Waals surface area contributed by atoms with Crippen LogP contribution in [0.2, 0.25) is 0 Å². The average Bonchev–Trinajstić information content (AvgIpc) is 2.65. The molecule has 0 saturated carbocycles. The van der Waals surface area contributed by atoms with Gasteiger partial charge in [0, 0.05) is 13.7 Å². The predicted molar refractivity (Wildman–Crippen MR) is 55.9 cm³/mol. The molecule has 0 fully saturated rings. The normalized spacial score (nSPS) is 13.5. The summed E-state index contributed by atoms with van der Waals surface area (Å²) in [5.74, 6) is 1.66. The molecule has 1 heterocycles. The van der Waals surface area contributed by atoms with E-state index < -0.39 is 0 Å². The monoisotopic (exact) mass is 209 g/mol. The molecule has 0 bridgehead atoms. The lowest BCUT2D eigenvalue weighted by molar-refractivity contribution is 0.0771. The molecule has 0 radical (unpaired) electrons. The number of fused-ring (bicyclic) bond motifs is 1. The summed E-state index contributed by atoms with van der Waals surface area (Å²) in [7, 11) is 3.70. The average molecular weight is 209 g/mol. The van der Waals surface area contributed by atoms with Gasteiger partial charge in [-0.3, -0.25) is 4.90 Å². The Balaban J connectivity index is 2.03. The van der Waals surface area contributed by atoms with Gasteiger partial charge in [0.15, 0.2) is 11.5 Å². The van der Waals surface area contributed by atoms with E-state index in [1.165, 1.54) is 5.56 Å². The van der Waals surface area contributed by atoms with Gasteiger partial charge in [-0.1, -0.05) is 6.07 Å². The summed E-state index contributed by atoms with van der Waals surface area (Å²) >= 11 is 0. The Morgan fingerprint density at radius 2 is 2.13 bits per heavy atom. The molecule has 0 saturated heterocycles. The minimum Gasteiger partial charge on any atom is -0.454 e. The smallest absolute Gasteiger partial charge is 0.231 e. The molecule has 82 valence electrons. The standard InChI is InChI=1S/C11H15NO3/c1-12(7-13-2)6-9-3-4-10-11(5-9)15-8-14-10/h3-5H,6-8H2,1-2H3. The zero-order chi connectivity index (χ0) is 10.7. The van der Waals surface area contributed by atoms with Gasteiger partial charge in [0.2, 0.25) is 6.79 Å². The van der Waals surface area contributed by atoms with Gasteiger partial charge in [-0.2, -0.15) is 0 Å². The Kier molecular flexibility index (Phi) is 3.08. The van der Waals surface area contributed by atoms with Gasteiger partial charge in [0.05, 0.1) is 6.73 Å². The van der Waals surface area contributed by atoms with Gasteiger partial charge in [-0.05, 0) is 24.7 Å². The molecule has 15 heavy (non-hydrogen) atoms. The highest BCUT2D eigenvalue weighted by Crippen LogP contribution is 2.32. The molecule has 0 atom stereocenters. The lowest BCUT2D eigenvalue weighted by Crippen LogP contribution is -2.20. The summed E-state index contributed by atoms with van der Waals surface area (Å²) in [6.45, 7) is 1.78. The van der Waals surface area contributed by atoms with Crippen molar-refractivity contribution in [2.75, 3.05) is 27.7 Å². The molecule has 1 aromatic carbocycles. The third-order valence-corrected chi connectivity index (χ3v) is 2.24. The van der Waals surface area contributed by atoms with E-state index in [1.54, 1.807) is 7.11 Å². The van der Waals surface area contributed by atoms with Gasteiger partial charge in [0.1, 0.15) is 0 Å². The molecular weight excluding hydrogens is 194 g/mol. The van der Waals surface area contributed by atoms with Crippen LogP contribution in [0.1, 0.15) is 5.56 Å². The van der Waals surface area contributed by atoms with Crippen LogP contribution in [-0.4, -0.2) is 32.6 Å². The minimum absolute atomic E-state index is 0.326. The maximum Gasteiger partial charge on any atom is 0.231 e. The number of nitrogens with zero attached hydrogens (tertiary/aromatic N) is 1. The van der Waals surface area contributed by atoms with Crippen LogP contribution >= 0.6 is 0 Å². The summed E-state index contributed by atoms with van der Waals surface area (Å²) < 4.78 is 15.6. The fraction of sp³-hybridized carbons (Fsp3) is 0.455. The van der Waals surface area contributed by atoms with Crippen LogP contribution in [0.4, 0.5) is 0 Å². The molecule has 4 heteroatoms. The highest BCUT2D eigenvalue weighted by molar-refractivity contribution is 5.44. The molecule has 2 rings (SSSR count). The highest BCUT2D eigenvalue weighted by Gasteiger charge is 2.13. The molecule has 0 unspecified atom stereocenters. The van der Waals surface area contributed by atoms with Crippen LogP contribution in [0, 0.1) is 0 Å². The summed E-state index contributed by atoms with van der Waals surface area (Å²) in [6.07, 6.45) is 0. The predicted octanol–water partition coefficient (Wildman–Crippen LogP) is 1.45. The van der Waals surface area contributed by atoms with Crippen molar-refractivity contribution in [3.05, 3.63) is 23.8 Å². The number of methoxy groups -OCH3 is 1. The van der Waals surface area contributed by atoms with Crippen molar-refractivity contribution >= 4 is 0 Å². The van der Waals surface area contributed by atoms with Crippen LogP contribution < -0.4 is 9.47 Å². The van der Waals surface area contributed by atoms with Gasteiger partial charge < -0.3 is 14.2 Å². The number of ether oxygens (including phenoxy) is 3.